The largest absolute Gasteiger partial charge is 0.507 e. The van der Waals surface area contributed by atoms with Crippen molar-refractivity contribution in [3.63, 3.8) is 0 Å². The lowest BCUT2D eigenvalue weighted by Gasteiger charge is -2.21. The molecule has 0 spiro atoms. The molecule has 1 amide bonds. The van der Waals surface area contributed by atoms with Gasteiger partial charge in [-0.15, -0.1) is 0 Å². The number of Topliss-reactive ketones (excluding diaryl/α,β-unsaturated/α-hetero) is 1. The molecular weight excluding hydrogens is 306 g/mol. The summed E-state index contributed by atoms with van der Waals surface area (Å²) in [6.07, 6.45) is 1.53. The number of aromatic nitrogens is 1. The molecule has 24 heavy (non-hydrogen) atoms. The minimum atomic E-state index is -0.883. The Morgan fingerprint density at radius 2 is 1.88 bits per heavy atom. The van der Waals surface area contributed by atoms with Gasteiger partial charge in [-0.05, 0) is 12.1 Å². The zero-order valence-electron chi connectivity index (χ0n) is 12.6. The molecule has 1 unspecified atom stereocenters. The first-order chi connectivity index (χ1) is 11.6. The lowest BCUT2D eigenvalue weighted by atomic mass is 9.98. The van der Waals surface area contributed by atoms with E-state index < -0.39 is 17.7 Å². The van der Waals surface area contributed by atoms with Crippen LogP contribution in [0.15, 0.2) is 60.3 Å². The predicted molar refractivity (Wildman–Crippen MR) is 85.3 cm³/mol. The summed E-state index contributed by atoms with van der Waals surface area (Å²) in [5.74, 6) is -1.91. The fourth-order valence-electron chi connectivity index (χ4n) is 2.72. The zero-order chi connectivity index (χ0) is 17.1. The Morgan fingerprint density at radius 3 is 2.50 bits per heavy atom. The number of amides is 1. The van der Waals surface area contributed by atoms with Crippen molar-refractivity contribution in [3.8, 4) is 6.07 Å². The Morgan fingerprint density at radius 1 is 1.17 bits per heavy atom. The molecule has 0 radical (unpaired) electrons. The molecule has 1 aromatic carbocycles. The summed E-state index contributed by atoms with van der Waals surface area (Å²) in [6, 6.07) is 14.6. The van der Waals surface area contributed by atoms with Crippen molar-refractivity contribution in [2.24, 2.45) is 0 Å². The number of hydrogen-bond acceptors (Lipinski definition) is 5. The van der Waals surface area contributed by atoms with Gasteiger partial charge in [-0.1, -0.05) is 36.4 Å². The van der Waals surface area contributed by atoms with E-state index in [4.69, 9.17) is 5.26 Å². The summed E-state index contributed by atoms with van der Waals surface area (Å²) in [4.78, 5) is 30.0. The summed E-state index contributed by atoms with van der Waals surface area (Å²) in [7, 11) is 0. The van der Waals surface area contributed by atoms with E-state index in [0.29, 0.717) is 11.3 Å². The topological polar surface area (TPSA) is 94.3 Å². The van der Waals surface area contributed by atoms with E-state index in [1.165, 1.54) is 6.20 Å². The Bertz CT molecular complexity index is 854. The molecule has 1 aliphatic heterocycles. The molecule has 2 heterocycles. The Balaban J connectivity index is 2.20. The van der Waals surface area contributed by atoms with Gasteiger partial charge in [-0.2, -0.15) is 5.26 Å². The van der Waals surface area contributed by atoms with Crippen LogP contribution in [0.5, 0.6) is 0 Å². The highest BCUT2D eigenvalue weighted by atomic mass is 16.3. The number of aliphatic hydroxyl groups is 1. The highest BCUT2D eigenvalue weighted by Gasteiger charge is 2.46. The second kappa shape index (κ2) is 6.34. The number of likely N-dealkylation sites (tertiary alicyclic amines) is 1. The quantitative estimate of drug-likeness (QED) is 0.404. The Kier molecular flexibility index (Phi) is 4.08. The van der Waals surface area contributed by atoms with Crippen molar-refractivity contribution in [1.29, 1.82) is 5.26 Å². The minimum absolute atomic E-state index is 0.0554. The van der Waals surface area contributed by atoms with Crippen molar-refractivity contribution in [2.75, 3.05) is 6.54 Å². The first kappa shape index (κ1) is 15.4. The van der Waals surface area contributed by atoms with Gasteiger partial charge in [0.1, 0.15) is 18.3 Å². The maximum Gasteiger partial charge on any atom is 0.296 e. The average molecular weight is 319 g/mol. The van der Waals surface area contributed by atoms with Crippen LogP contribution in [0.3, 0.4) is 0 Å². The average Bonchev–Trinajstić information content (AvgIpc) is 2.88. The standard InChI is InChI=1S/C18H13N3O3/c19-9-11-21-15(13-8-4-5-10-20-13)14(17(23)18(21)24)16(22)12-6-2-1-3-7-12/h1-8,10,15,22H,11H2/b16-14-. The number of carbonyl (C=O) groups is 2. The maximum absolute atomic E-state index is 12.4. The van der Waals surface area contributed by atoms with Crippen LogP contribution in [0.1, 0.15) is 17.3 Å². The summed E-state index contributed by atoms with van der Waals surface area (Å²) in [6.45, 7) is -0.266. The van der Waals surface area contributed by atoms with Crippen molar-refractivity contribution < 1.29 is 14.7 Å². The molecule has 6 heteroatoms. The van der Waals surface area contributed by atoms with Crippen LogP contribution in [-0.2, 0) is 9.59 Å². The van der Waals surface area contributed by atoms with Crippen molar-refractivity contribution in [3.05, 3.63) is 71.6 Å². The van der Waals surface area contributed by atoms with Crippen LogP contribution >= 0.6 is 0 Å². The van der Waals surface area contributed by atoms with Crippen molar-refractivity contribution in [1.82, 2.24) is 9.88 Å². The molecule has 1 N–H and O–H groups in total. The molecule has 1 aliphatic rings. The van der Waals surface area contributed by atoms with Crippen LogP contribution in [0, 0.1) is 11.3 Å². The molecule has 118 valence electrons. The summed E-state index contributed by atoms with van der Waals surface area (Å²) >= 11 is 0. The molecular formula is C18H13N3O3. The number of carbonyl (C=O) groups excluding carboxylic acids is 2. The Labute approximate surface area is 138 Å². The highest BCUT2D eigenvalue weighted by molar-refractivity contribution is 6.46. The second-order valence-electron chi connectivity index (χ2n) is 5.21. The van der Waals surface area contributed by atoms with Crippen molar-refractivity contribution >= 4 is 17.4 Å². The van der Waals surface area contributed by atoms with Crippen molar-refractivity contribution in [2.45, 2.75) is 6.04 Å². The molecule has 1 saturated heterocycles. The number of pyridine rings is 1. The predicted octanol–water partition coefficient (Wildman–Crippen LogP) is 2.03. The molecule has 0 bridgehead atoms. The van der Waals surface area contributed by atoms with E-state index in [2.05, 4.69) is 4.98 Å². The first-order valence-corrected chi connectivity index (χ1v) is 7.27. The van der Waals surface area contributed by atoms with Gasteiger partial charge >= 0.3 is 0 Å². The Hall–Kier alpha value is -3.46. The van der Waals surface area contributed by atoms with E-state index >= 15 is 0 Å². The SMILES string of the molecule is N#CCN1C(=O)C(=O)/C(=C(\O)c2ccccc2)C1c1ccccn1. The normalized spacial score (nSPS) is 19.3. The lowest BCUT2D eigenvalue weighted by molar-refractivity contribution is -0.139. The third-order valence-corrected chi connectivity index (χ3v) is 3.80. The second-order valence-corrected chi connectivity index (χ2v) is 5.21. The molecule has 0 aliphatic carbocycles. The van der Waals surface area contributed by atoms with Gasteiger partial charge in [0.2, 0.25) is 0 Å². The van der Waals surface area contributed by atoms with E-state index in [-0.39, 0.29) is 17.9 Å². The molecule has 0 saturated carbocycles. The summed E-state index contributed by atoms with van der Waals surface area (Å²) in [5.41, 5.74) is 0.790. The minimum Gasteiger partial charge on any atom is -0.507 e. The van der Waals surface area contributed by atoms with Gasteiger partial charge in [0.25, 0.3) is 11.7 Å². The van der Waals surface area contributed by atoms with E-state index in [9.17, 15) is 14.7 Å². The van der Waals surface area contributed by atoms with Gasteiger partial charge < -0.3 is 10.0 Å². The lowest BCUT2D eigenvalue weighted by Crippen LogP contribution is -2.30. The van der Waals surface area contributed by atoms with E-state index in [0.717, 1.165) is 4.90 Å². The smallest absolute Gasteiger partial charge is 0.296 e. The highest BCUT2D eigenvalue weighted by Crippen LogP contribution is 2.38. The fourth-order valence-corrected chi connectivity index (χ4v) is 2.72. The van der Waals surface area contributed by atoms with Crippen LogP contribution in [0.25, 0.3) is 5.76 Å². The summed E-state index contributed by atoms with van der Waals surface area (Å²) < 4.78 is 0. The van der Waals surface area contributed by atoms with Gasteiger partial charge in [-0.3, -0.25) is 14.6 Å². The van der Waals surface area contributed by atoms with Crippen LogP contribution in [-0.4, -0.2) is 33.2 Å². The summed E-state index contributed by atoms with van der Waals surface area (Å²) in [5, 5.41) is 19.6. The number of ketones is 1. The third-order valence-electron chi connectivity index (χ3n) is 3.80. The number of aliphatic hydroxyl groups excluding tert-OH is 1. The number of nitriles is 1. The molecule has 1 fully saturated rings. The van der Waals surface area contributed by atoms with Gasteiger partial charge in [-0.25, -0.2) is 0 Å². The molecule has 2 aromatic rings. The first-order valence-electron chi connectivity index (χ1n) is 7.27. The van der Waals surface area contributed by atoms with E-state index in [1.54, 1.807) is 48.5 Å². The molecule has 1 aromatic heterocycles. The number of hydrogen-bond donors (Lipinski definition) is 1. The number of benzene rings is 1. The van der Waals surface area contributed by atoms with Gasteiger partial charge in [0.05, 0.1) is 17.3 Å². The van der Waals surface area contributed by atoms with E-state index in [1.807, 2.05) is 6.07 Å². The van der Waals surface area contributed by atoms with Crippen LogP contribution < -0.4 is 0 Å². The molecule has 6 nitrogen and oxygen atoms in total. The maximum atomic E-state index is 12.4. The fraction of sp³-hybridized carbons (Fsp3) is 0.111. The molecule has 3 rings (SSSR count). The van der Waals surface area contributed by atoms with Crippen LogP contribution in [0.2, 0.25) is 0 Å². The van der Waals surface area contributed by atoms with Gasteiger partial charge in [0, 0.05) is 11.8 Å². The van der Waals surface area contributed by atoms with Gasteiger partial charge in [0.15, 0.2) is 0 Å². The monoisotopic (exact) mass is 319 g/mol. The zero-order valence-corrected chi connectivity index (χ0v) is 12.6. The molecule has 1 atom stereocenters. The number of rotatable bonds is 3. The number of nitrogens with zero attached hydrogens (tertiary/aromatic N) is 3. The van der Waals surface area contributed by atoms with Crippen LogP contribution in [0.4, 0.5) is 0 Å². The third kappa shape index (κ3) is 2.52.